The lowest BCUT2D eigenvalue weighted by Crippen LogP contribution is -2.36. The summed E-state index contributed by atoms with van der Waals surface area (Å²) in [7, 11) is 5.35. The summed E-state index contributed by atoms with van der Waals surface area (Å²) in [4.78, 5) is 14.5. The lowest BCUT2D eigenvalue weighted by atomic mass is 9.86. The second-order valence-electron chi connectivity index (χ2n) is 6.49. The molecule has 0 aromatic heterocycles. The molecule has 2 heterocycles. The summed E-state index contributed by atoms with van der Waals surface area (Å²) >= 11 is 0. The first-order valence-electron chi connectivity index (χ1n) is 8.39. The molecule has 2 aliphatic rings. The van der Waals surface area contributed by atoms with Crippen molar-refractivity contribution in [3.05, 3.63) is 58.7 Å². The summed E-state index contributed by atoms with van der Waals surface area (Å²) in [5.74, 6) is 1.18. The van der Waals surface area contributed by atoms with Crippen LogP contribution in [0.15, 0.2) is 36.4 Å². The number of rotatable bonds is 3. The molecule has 2 atom stereocenters. The number of hydrogen-bond acceptors (Lipinski definition) is 5. The molecule has 0 unspecified atom stereocenters. The maximum absolute atomic E-state index is 12.3. The van der Waals surface area contributed by atoms with Crippen molar-refractivity contribution in [1.82, 2.24) is 4.90 Å². The SMILES string of the molecule is COc1cc2c(cc1OC)[C@H]([C@@H]1OC(=O)c3ccccc31)N(C)CC2. The Bertz CT molecular complexity index is 832. The zero-order valence-corrected chi connectivity index (χ0v) is 14.6. The van der Waals surface area contributed by atoms with Crippen LogP contribution in [0.4, 0.5) is 0 Å². The van der Waals surface area contributed by atoms with Gasteiger partial charge in [-0.1, -0.05) is 18.2 Å². The number of cyclic esters (lactones) is 1. The van der Waals surface area contributed by atoms with E-state index in [9.17, 15) is 4.79 Å². The first-order valence-corrected chi connectivity index (χ1v) is 8.39. The fourth-order valence-corrected chi connectivity index (χ4v) is 3.90. The highest BCUT2D eigenvalue weighted by Crippen LogP contribution is 2.47. The summed E-state index contributed by atoms with van der Waals surface area (Å²) < 4.78 is 16.7. The molecular weight excluding hydrogens is 318 g/mol. The number of ether oxygens (including phenoxy) is 3. The molecule has 0 saturated heterocycles. The van der Waals surface area contributed by atoms with Crippen molar-refractivity contribution in [2.24, 2.45) is 0 Å². The standard InChI is InChI=1S/C20H21NO4/c1-21-9-8-12-10-16(23-2)17(24-3)11-15(12)18(21)19-13-6-4-5-7-14(13)20(22)25-19/h4-7,10-11,18-19H,8-9H2,1-3H3/t18-,19-/m1/s1. The van der Waals surface area contributed by atoms with Crippen molar-refractivity contribution >= 4 is 5.97 Å². The van der Waals surface area contributed by atoms with Crippen LogP contribution in [-0.2, 0) is 11.2 Å². The molecule has 2 aromatic carbocycles. The summed E-state index contributed by atoms with van der Waals surface area (Å²) in [6, 6.07) is 11.6. The van der Waals surface area contributed by atoms with E-state index in [4.69, 9.17) is 14.2 Å². The number of likely N-dealkylation sites (N-methyl/N-ethyl adjacent to an activating group) is 1. The fraction of sp³-hybridized carbons (Fsp3) is 0.350. The molecule has 0 spiro atoms. The first kappa shape index (κ1) is 16.0. The molecule has 2 aliphatic heterocycles. The number of methoxy groups -OCH3 is 2. The Morgan fingerprint density at radius 2 is 1.80 bits per heavy atom. The van der Waals surface area contributed by atoms with Gasteiger partial charge < -0.3 is 14.2 Å². The molecule has 2 aromatic rings. The molecule has 5 nitrogen and oxygen atoms in total. The summed E-state index contributed by atoms with van der Waals surface area (Å²) in [6.45, 7) is 0.892. The fourth-order valence-electron chi connectivity index (χ4n) is 3.90. The van der Waals surface area contributed by atoms with Crippen LogP contribution in [0.2, 0.25) is 0 Å². The third-order valence-corrected chi connectivity index (χ3v) is 5.18. The number of nitrogens with zero attached hydrogens (tertiary/aromatic N) is 1. The Hall–Kier alpha value is -2.53. The minimum absolute atomic E-state index is 0.0452. The van der Waals surface area contributed by atoms with Crippen LogP contribution in [0.25, 0.3) is 0 Å². The van der Waals surface area contributed by atoms with E-state index in [1.165, 1.54) is 5.56 Å². The molecule has 0 aliphatic carbocycles. The van der Waals surface area contributed by atoms with Crippen molar-refractivity contribution < 1.29 is 19.0 Å². The minimum Gasteiger partial charge on any atom is -0.493 e. The van der Waals surface area contributed by atoms with Crippen molar-refractivity contribution in [2.75, 3.05) is 27.8 Å². The van der Waals surface area contributed by atoms with Gasteiger partial charge in [-0.15, -0.1) is 0 Å². The quantitative estimate of drug-likeness (QED) is 0.804. The number of esters is 1. The molecule has 0 amide bonds. The molecule has 4 rings (SSSR count). The Morgan fingerprint density at radius 1 is 1.08 bits per heavy atom. The van der Waals surface area contributed by atoms with Gasteiger partial charge in [-0.3, -0.25) is 4.90 Å². The number of carbonyl (C=O) groups is 1. The predicted octanol–water partition coefficient (Wildman–Crippen LogP) is 3.14. The van der Waals surface area contributed by atoms with Gasteiger partial charge in [0.05, 0.1) is 25.8 Å². The van der Waals surface area contributed by atoms with Gasteiger partial charge in [0.1, 0.15) is 6.10 Å². The van der Waals surface area contributed by atoms with Crippen LogP contribution in [0.1, 0.15) is 39.2 Å². The van der Waals surface area contributed by atoms with Gasteiger partial charge >= 0.3 is 5.97 Å². The molecule has 0 bridgehead atoms. The van der Waals surface area contributed by atoms with Gasteiger partial charge in [0, 0.05) is 12.1 Å². The Kier molecular flexibility index (Phi) is 3.88. The van der Waals surface area contributed by atoms with Crippen LogP contribution in [-0.4, -0.2) is 38.7 Å². The van der Waals surface area contributed by atoms with Crippen molar-refractivity contribution in [3.8, 4) is 11.5 Å². The topological polar surface area (TPSA) is 48.0 Å². The highest BCUT2D eigenvalue weighted by atomic mass is 16.6. The van der Waals surface area contributed by atoms with Gasteiger partial charge in [0.25, 0.3) is 0 Å². The van der Waals surface area contributed by atoms with E-state index < -0.39 is 0 Å². The Balaban J connectivity index is 1.83. The largest absolute Gasteiger partial charge is 0.493 e. The lowest BCUT2D eigenvalue weighted by Gasteiger charge is -2.38. The first-order chi connectivity index (χ1) is 12.1. The third kappa shape index (κ3) is 2.46. The van der Waals surface area contributed by atoms with E-state index in [2.05, 4.69) is 11.9 Å². The van der Waals surface area contributed by atoms with Crippen LogP contribution in [0.5, 0.6) is 11.5 Å². The van der Waals surface area contributed by atoms with E-state index in [1.807, 2.05) is 36.4 Å². The van der Waals surface area contributed by atoms with Gasteiger partial charge in [0.2, 0.25) is 0 Å². The van der Waals surface area contributed by atoms with Gasteiger partial charge in [-0.25, -0.2) is 4.79 Å². The number of fused-ring (bicyclic) bond motifs is 2. The zero-order valence-electron chi connectivity index (χ0n) is 14.6. The molecule has 25 heavy (non-hydrogen) atoms. The summed E-state index contributed by atoms with van der Waals surface area (Å²) in [5, 5.41) is 0. The van der Waals surface area contributed by atoms with Gasteiger partial charge in [-0.05, 0) is 42.8 Å². The number of hydrogen-bond donors (Lipinski definition) is 0. The maximum Gasteiger partial charge on any atom is 0.339 e. The predicted molar refractivity (Wildman–Crippen MR) is 93.2 cm³/mol. The lowest BCUT2D eigenvalue weighted by molar-refractivity contribution is 0.00939. The van der Waals surface area contributed by atoms with Crippen molar-refractivity contribution in [3.63, 3.8) is 0 Å². The van der Waals surface area contributed by atoms with Crippen LogP contribution >= 0.6 is 0 Å². The van der Waals surface area contributed by atoms with E-state index in [0.29, 0.717) is 11.3 Å². The molecule has 0 radical (unpaired) electrons. The Labute approximate surface area is 147 Å². The van der Waals surface area contributed by atoms with E-state index >= 15 is 0 Å². The average molecular weight is 339 g/mol. The smallest absolute Gasteiger partial charge is 0.339 e. The normalized spacial score (nSPS) is 22.1. The number of benzene rings is 2. The average Bonchev–Trinajstić information content (AvgIpc) is 2.97. The molecule has 130 valence electrons. The molecule has 0 fully saturated rings. The van der Waals surface area contributed by atoms with Gasteiger partial charge in [0.15, 0.2) is 11.5 Å². The van der Waals surface area contributed by atoms with E-state index in [0.717, 1.165) is 29.8 Å². The molecule has 0 N–H and O–H groups in total. The molecule has 0 saturated carbocycles. The second-order valence-corrected chi connectivity index (χ2v) is 6.49. The highest BCUT2D eigenvalue weighted by molar-refractivity contribution is 5.94. The van der Waals surface area contributed by atoms with E-state index in [-0.39, 0.29) is 18.1 Å². The van der Waals surface area contributed by atoms with Crippen molar-refractivity contribution in [2.45, 2.75) is 18.6 Å². The highest BCUT2D eigenvalue weighted by Gasteiger charge is 2.41. The van der Waals surface area contributed by atoms with Crippen LogP contribution < -0.4 is 9.47 Å². The van der Waals surface area contributed by atoms with E-state index in [1.54, 1.807) is 14.2 Å². The monoisotopic (exact) mass is 339 g/mol. The second kappa shape index (κ2) is 6.08. The van der Waals surface area contributed by atoms with Crippen molar-refractivity contribution in [1.29, 1.82) is 0 Å². The van der Waals surface area contributed by atoms with Crippen LogP contribution in [0.3, 0.4) is 0 Å². The Morgan fingerprint density at radius 3 is 2.56 bits per heavy atom. The zero-order chi connectivity index (χ0) is 17.6. The molecule has 5 heteroatoms. The summed E-state index contributed by atoms with van der Waals surface area (Å²) in [6.07, 6.45) is 0.608. The maximum atomic E-state index is 12.3. The number of carbonyl (C=O) groups excluding carboxylic acids is 1. The third-order valence-electron chi connectivity index (χ3n) is 5.18. The van der Waals surface area contributed by atoms with Crippen LogP contribution in [0, 0.1) is 0 Å². The van der Waals surface area contributed by atoms with Gasteiger partial charge in [-0.2, -0.15) is 0 Å². The summed E-state index contributed by atoms with van der Waals surface area (Å²) in [5.41, 5.74) is 3.95. The minimum atomic E-state index is -0.314. The molecular formula is C20H21NO4.